The third-order valence-electron chi connectivity index (χ3n) is 2.69. The molecule has 2 amide bonds. The van der Waals surface area contributed by atoms with E-state index in [0.717, 1.165) is 0 Å². The lowest BCUT2D eigenvalue weighted by Gasteiger charge is -2.32. The minimum Gasteiger partial charge on any atom is -0.481 e. The molecule has 0 aliphatic carbocycles. The first-order chi connectivity index (χ1) is 7.99. The first kappa shape index (κ1) is 13.8. The van der Waals surface area contributed by atoms with Gasteiger partial charge in [0.05, 0.1) is 12.7 Å². The number of urea groups is 1. The molecule has 1 aliphatic heterocycles. The summed E-state index contributed by atoms with van der Waals surface area (Å²) in [6.07, 6.45) is 0.575. The number of rotatable bonds is 4. The Kier molecular flexibility index (Phi) is 5.21. The van der Waals surface area contributed by atoms with Gasteiger partial charge in [-0.25, -0.2) is 4.79 Å². The van der Waals surface area contributed by atoms with Crippen LogP contribution in [-0.4, -0.2) is 53.8 Å². The zero-order valence-electron chi connectivity index (χ0n) is 10.3. The number of ether oxygens (including phenoxy) is 1. The molecule has 0 spiro atoms. The highest BCUT2D eigenvalue weighted by Gasteiger charge is 2.22. The Morgan fingerprint density at radius 3 is 2.88 bits per heavy atom. The number of nitrogens with zero attached hydrogens (tertiary/aromatic N) is 1. The molecule has 2 N–H and O–H groups in total. The fourth-order valence-corrected chi connectivity index (χ4v) is 1.72. The van der Waals surface area contributed by atoms with Crippen molar-refractivity contribution in [3.8, 4) is 0 Å². The normalized spacial score (nSPS) is 22.0. The van der Waals surface area contributed by atoms with E-state index in [2.05, 4.69) is 5.32 Å². The summed E-state index contributed by atoms with van der Waals surface area (Å²) in [5.74, 6) is -0.842. The first-order valence-electron chi connectivity index (χ1n) is 5.88. The van der Waals surface area contributed by atoms with E-state index in [1.54, 1.807) is 4.90 Å². The Morgan fingerprint density at radius 2 is 2.29 bits per heavy atom. The van der Waals surface area contributed by atoms with E-state index in [0.29, 0.717) is 26.1 Å². The molecule has 0 radical (unpaired) electrons. The fraction of sp³-hybridized carbons (Fsp3) is 0.818. The molecule has 2 atom stereocenters. The molecule has 1 rings (SSSR count). The number of hydrogen-bond donors (Lipinski definition) is 2. The molecule has 0 aromatic rings. The molecule has 1 heterocycles. The van der Waals surface area contributed by atoms with Crippen molar-refractivity contribution < 1.29 is 19.4 Å². The predicted octanol–water partition coefficient (Wildman–Crippen LogP) is 0.670. The SMILES string of the molecule is CC(CCC(=O)O)NC(=O)N1CCOC(C)C1. The number of nitrogens with one attached hydrogen (secondary N) is 1. The van der Waals surface area contributed by atoms with Crippen LogP contribution in [-0.2, 0) is 9.53 Å². The molecule has 6 nitrogen and oxygen atoms in total. The molecule has 6 heteroatoms. The molecule has 0 bridgehead atoms. The minimum atomic E-state index is -0.842. The molecule has 2 unspecified atom stereocenters. The van der Waals surface area contributed by atoms with Crippen LogP contribution in [0.5, 0.6) is 0 Å². The van der Waals surface area contributed by atoms with Crippen molar-refractivity contribution in [3.05, 3.63) is 0 Å². The molecule has 17 heavy (non-hydrogen) atoms. The van der Waals surface area contributed by atoms with Crippen LogP contribution in [0.4, 0.5) is 4.79 Å². The second-order valence-corrected chi connectivity index (χ2v) is 4.41. The van der Waals surface area contributed by atoms with Gasteiger partial charge in [0.15, 0.2) is 0 Å². The largest absolute Gasteiger partial charge is 0.481 e. The highest BCUT2D eigenvalue weighted by Crippen LogP contribution is 2.05. The van der Waals surface area contributed by atoms with Gasteiger partial charge in [-0.05, 0) is 20.3 Å². The van der Waals surface area contributed by atoms with Crippen molar-refractivity contribution in [1.82, 2.24) is 10.2 Å². The van der Waals surface area contributed by atoms with Crippen molar-refractivity contribution in [2.24, 2.45) is 0 Å². The molecule has 1 fully saturated rings. The summed E-state index contributed by atoms with van der Waals surface area (Å²) in [6, 6.07) is -0.269. The summed E-state index contributed by atoms with van der Waals surface area (Å²) in [5, 5.41) is 11.3. The second-order valence-electron chi connectivity index (χ2n) is 4.41. The van der Waals surface area contributed by atoms with Gasteiger partial charge in [0.25, 0.3) is 0 Å². The van der Waals surface area contributed by atoms with Crippen molar-refractivity contribution in [1.29, 1.82) is 0 Å². The molecule has 1 aliphatic rings. The van der Waals surface area contributed by atoms with Crippen LogP contribution in [0.15, 0.2) is 0 Å². The fourth-order valence-electron chi connectivity index (χ4n) is 1.72. The number of amides is 2. The van der Waals surface area contributed by atoms with Crippen molar-refractivity contribution in [3.63, 3.8) is 0 Å². The van der Waals surface area contributed by atoms with Crippen LogP contribution in [0.2, 0.25) is 0 Å². The zero-order valence-corrected chi connectivity index (χ0v) is 10.3. The van der Waals surface area contributed by atoms with Gasteiger partial charge in [-0.15, -0.1) is 0 Å². The predicted molar refractivity (Wildman–Crippen MR) is 61.9 cm³/mol. The summed E-state index contributed by atoms with van der Waals surface area (Å²) < 4.78 is 5.34. The van der Waals surface area contributed by atoms with Crippen LogP contribution < -0.4 is 5.32 Å². The molecule has 0 aromatic carbocycles. The summed E-state index contributed by atoms with van der Waals surface area (Å²) in [7, 11) is 0. The molecule has 0 saturated carbocycles. The van der Waals surface area contributed by atoms with E-state index in [-0.39, 0.29) is 24.6 Å². The Morgan fingerprint density at radius 1 is 1.59 bits per heavy atom. The van der Waals surface area contributed by atoms with E-state index < -0.39 is 5.97 Å². The lowest BCUT2D eigenvalue weighted by atomic mass is 10.2. The summed E-state index contributed by atoms with van der Waals surface area (Å²) in [4.78, 5) is 23.9. The van der Waals surface area contributed by atoms with Crippen LogP contribution in [0.1, 0.15) is 26.7 Å². The standard InChI is InChI=1S/C11H20N2O4/c1-8(3-4-10(14)15)12-11(16)13-5-6-17-9(2)7-13/h8-9H,3-7H2,1-2H3,(H,12,16)(H,14,15). The van der Waals surface area contributed by atoms with E-state index in [1.807, 2.05) is 13.8 Å². The van der Waals surface area contributed by atoms with Gasteiger partial charge in [0.1, 0.15) is 0 Å². The van der Waals surface area contributed by atoms with Gasteiger partial charge in [-0.2, -0.15) is 0 Å². The average molecular weight is 244 g/mol. The number of aliphatic carboxylic acids is 1. The van der Waals surface area contributed by atoms with Crippen LogP contribution >= 0.6 is 0 Å². The van der Waals surface area contributed by atoms with Gasteiger partial charge < -0.3 is 20.1 Å². The van der Waals surface area contributed by atoms with Crippen LogP contribution in [0.25, 0.3) is 0 Å². The summed E-state index contributed by atoms with van der Waals surface area (Å²) >= 11 is 0. The maximum atomic E-state index is 11.8. The second kappa shape index (κ2) is 6.44. The van der Waals surface area contributed by atoms with E-state index >= 15 is 0 Å². The third kappa shape index (κ3) is 5.04. The molecule has 98 valence electrons. The van der Waals surface area contributed by atoms with E-state index in [9.17, 15) is 9.59 Å². The van der Waals surface area contributed by atoms with Crippen LogP contribution in [0.3, 0.4) is 0 Å². The lowest BCUT2D eigenvalue weighted by Crippen LogP contribution is -2.50. The van der Waals surface area contributed by atoms with Crippen LogP contribution in [0, 0.1) is 0 Å². The first-order valence-corrected chi connectivity index (χ1v) is 5.88. The highest BCUT2D eigenvalue weighted by molar-refractivity contribution is 5.74. The number of carboxylic acid groups (broad SMARTS) is 1. The van der Waals surface area contributed by atoms with Crippen molar-refractivity contribution >= 4 is 12.0 Å². The highest BCUT2D eigenvalue weighted by atomic mass is 16.5. The average Bonchev–Trinajstić information content (AvgIpc) is 2.26. The Hall–Kier alpha value is -1.30. The Bertz CT molecular complexity index is 283. The molecular weight excluding hydrogens is 224 g/mol. The van der Waals surface area contributed by atoms with Crippen molar-refractivity contribution in [2.45, 2.75) is 38.8 Å². The number of morpholine rings is 1. The van der Waals surface area contributed by atoms with Gasteiger partial charge in [-0.1, -0.05) is 0 Å². The number of carboxylic acids is 1. The maximum Gasteiger partial charge on any atom is 0.317 e. The minimum absolute atomic E-state index is 0.0591. The maximum absolute atomic E-state index is 11.8. The Balaban J connectivity index is 2.29. The lowest BCUT2D eigenvalue weighted by molar-refractivity contribution is -0.137. The smallest absolute Gasteiger partial charge is 0.317 e. The monoisotopic (exact) mass is 244 g/mol. The third-order valence-corrected chi connectivity index (χ3v) is 2.69. The van der Waals surface area contributed by atoms with Crippen molar-refractivity contribution in [2.75, 3.05) is 19.7 Å². The number of carbonyl (C=O) groups excluding carboxylic acids is 1. The topological polar surface area (TPSA) is 78.9 Å². The van der Waals surface area contributed by atoms with E-state index in [1.165, 1.54) is 0 Å². The van der Waals surface area contributed by atoms with Gasteiger partial charge >= 0.3 is 12.0 Å². The van der Waals surface area contributed by atoms with E-state index in [4.69, 9.17) is 9.84 Å². The summed E-state index contributed by atoms with van der Waals surface area (Å²) in [5.41, 5.74) is 0. The number of hydrogen-bond acceptors (Lipinski definition) is 3. The quantitative estimate of drug-likeness (QED) is 0.762. The Labute approximate surface area is 101 Å². The molecule has 0 aromatic heterocycles. The number of carbonyl (C=O) groups is 2. The summed E-state index contributed by atoms with van der Waals surface area (Å²) in [6.45, 7) is 5.45. The molecule has 1 saturated heterocycles. The zero-order chi connectivity index (χ0) is 12.8. The van der Waals surface area contributed by atoms with Gasteiger partial charge in [-0.3, -0.25) is 4.79 Å². The van der Waals surface area contributed by atoms with Gasteiger partial charge in [0, 0.05) is 25.6 Å². The molecular formula is C11H20N2O4. The van der Waals surface area contributed by atoms with Gasteiger partial charge in [0.2, 0.25) is 0 Å².